The van der Waals surface area contributed by atoms with Crippen LogP contribution in [0.3, 0.4) is 0 Å². The topological polar surface area (TPSA) is 71.9 Å². The molecule has 1 aliphatic heterocycles. The molecule has 1 N–H and O–H groups in total. The second kappa shape index (κ2) is 5.83. The summed E-state index contributed by atoms with van der Waals surface area (Å²) in [5, 5.41) is 10.0. The molecule has 1 aromatic heterocycles. The number of carbonyl (C=O) groups excluding carboxylic acids is 1. The first-order valence-corrected chi connectivity index (χ1v) is 6.56. The zero-order chi connectivity index (χ0) is 13.1. The van der Waals surface area contributed by atoms with Crippen molar-refractivity contribution in [2.75, 3.05) is 38.4 Å². The van der Waals surface area contributed by atoms with Crippen molar-refractivity contribution in [3.8, 4) is 0 Å². The molecule has 0 radical (unpaired) electrons. The van der Waals surface area contributed by atoms with E-state index in [1.807, 2.05) is 4.90 Å². The summed E-state index contributed by atoms with van der Waals surface area (Å²) in [6, 6.07) is -0.161. The number of morpholine rings is 1. The lowest BCUT2D eigenvalue weighted by Crippen LogP contribution is -2.47. The Hall–Kier alpha value is -0.890. The third-order valence-corrected chi connectivity index (χ3v) is 4.09. The molecule has 0 aromatic carbocycles. The van der Waals surface area contributed by atoms with Crippen LogP contribution >= 0.6 is 22.9 Å². The van der Waals surface area contributed by atoms with Gasteiger partial charge in [-0.3, -0.25) is 0 Å². The van der Waals surface area contributed by atoms with Crippen molar-refractivity contribution in [3.63, 3.8) is 0 Å². The van der Waals surface area contributed by atoms with E-state index >= 15 is 0 Å². The van der Waals surface area contributed by atoms with Gasteiger partial charge >= 0.3 is 5.97 Å². The number of aromatic nitrogens is 1. The van der Waals surface area contributed by atoms with Crippen molar-refractivity contribution in [2.45, 2.75) is 6.04 Å². The predicted molar refractivity (Wildman–Crippen MR) is 67.5 cm³/mol. The van der Waals surface area contributed by atoms with Crippen molar-refractivity contribution in [3.05, 3.63) is 10.0 Å². The molecular formula is C10H13ClN2O4S. The highest BCUT2D eigenvalue weighted by Crippen LogP contribution is 2.31. The van der Waals surface area contributed by atoms with E-state index in [2.05, 4.69) is 9.72 Å². The Morgan fingerprint density at radius 1 is 1.78 bits per heavy atom. The SMILES string of the molecule is COC(=O)c1sc(N2CCOCC2CO)nc1Cl. The molecule has 1 aliphatic rings. The van der Waals surface area contributed by atoms with E-state index in [1.165, 1.54) is 7.11 Å². The third-order valence-electron chi connectivity index (χ3n) is 2.63. The molecular weight excluding hydrogens is 280 g/mol. The van der Waals surface area contributed by atoms with Crippen LogP contribution < -0.4 is 4.90 Å². The quantitative estimate of drug-likeness (QED) is 0.830. The van der Waals surface area contributed by atoms with E-state index in [0.29, 0.717) is 24.9 Å². The molecule has 2 rings (SSSR count). The van der Waals surface area contributed by atoms with Crippen molar-refractivity contribution >= 4 is 34.0 Å². The lowest BCUT2D eigenvalue weighted by molar-refractivity contribution is 0.0606. The Morgan fingerprint density at radius 3 is 3.22 bits per heavy atom. The van der Waals surface area contributed by atoms with Crippen LogP contribution in [0.4, 0.5) is 5.13 Å². The van der Waals surface area contributed by atoms with Crippen molar-refractivity contribution in [1.29, 1.82) is 0 Å². The highest BCUT2D eigenvalue weighted by molar-refractivity contribution is 7.18. The van der Waals surface area contributed by atoms with Crippen LogP contribution in [0, 0.1) is 0 Å². The number of hydrogen-bond acceptors (Lipinski definition) is 7. The molecule has 2 heterocycles. The maximum atomic E-state index is 11.5. The van der Waals surface area contributed by atoms with Gasteiger partial charge in [-0.25, -0.2) is 9.78 Å². The summed E-state index contributed by atoms with van der Waals surface area (Å²) in [6.45, 7) is 1.56. The fourth-order valence-electron chi connectivity index (χ4n) is 1.69. The monoisotopic (exact) mass is 292 g/mol. The summed E-state index contributed by atoms with van der Waals surface area (Å²) in [4.78, 5) is 17.8. The summed E-state index contributed by atoms with van der Waals surface area (Å²) in [5.41, 5.74) is 0. The number of esters is 1. The number of halogens is 1. The number of aliphatic hydroxyl groups excluding tert-OH is 1. The third kappa shape index (κ3) is 2.59. The average molecular weight is 293 g/mol. The number of methoxy groups -OCH3 is 1. The highest BCUT2D eigenvalue weighted by Gasteiger charge is 2.27. The van der Waals surface area contributed by atoms with Gasteiger partial charge in [0.1, 0.15) is 0 Å². The minimum Gasteiger partial charge on any atom is -0.465 e. The van der Waals surface area contributed by atoms with Gasteiger partial charge in [0.05, 0.1) is 33.0 Å². The molecule has 1 atom stereocenters. The van der Waals surface area contributed by atoms with Crippen molar-refractivity contribution < 1.29 is 19.4 Å². The van der Waals surface area contributed by atoms with Crippen LogP contribution in [0.1, 0.15) is 9.67 Å². The number of anilines is 1. The summed E-state index contributed by atoms with van der Waals surface area (Å²) in [5.74, 6) is -0.502. The number of thiazole rings is 1. The molecule has 1 saturated heterocycles. The Bertz CT molecular complexity index is 440. The summed E-state index contributed by atoms with van der Waals surface area (Å²) >= 11 is 7.07. The van der Waals surface area contributed by atoms with Gasteiger partial charge in [0, 0.05) is 6.54 Å². The van der Waals surface area contributed by atoms with Crippen LogP contribution in [-0.4, -0.2) is 55.6 Å². The van der Waals surface area contributed by atoms with E-state index in [-0.39, 0.29) is 22.7 Å². The smallest absolute Gasteiger partial charge is 0.351 e. The number of carbonyl (C=O) groups is 1. The zero-order valence-electron chi connectivity index (χ0n) is 9.76. The normalized spacial score (nSPS) is 19.9. The summed E-state index contributed by atoms with van der Waals surface area (Å²) in [7, 11) is 1.29. The van der Waals surface area contributed by atoms with Gasteiger partial charge in [0.15, 0.2) is 15.2 Å². The number of nitrogens with zero attached hydrogens (tertiary/aromatic N) is 2. The fraction of sp³-hybridized carbons (Fsp3) is 0.600. The van der Waals surface area contributed by atoms with Gasteiger partial charge in [-0.05, 0) is 0 Å². The number of hydrogen-bond donors (Lipinski definition) is 1. The van der Waals surface area contributed by atoms with Gasteiger partial charge in [-0.1, -0.05) is 22.9 Å². The first-order valence-electron chi connectivity index (χ1n) is 5.37. The van der Waals surface area contributed by atoms with Crippen molar-refractivity contribution in [2.24, 2.45) is 0 Å². The maximum absolute atomic E-state index is 11.5. The van der Waals surface area contributed by atoms with E-state index in [1.54, 1.807) is 0 Å². The second-order valence-electron chi connectivity index (χ2n) is 3.71. The average Bonchev–Trinajstić information content (AvgIpc) is 2.79. The largest absolute Gasteiger partial charge is 0.465 e. The molecule has 0 spiro atoms. The molecule has 0 amide bonds. The van der Waals surface area contributed by atoms with Gasteiger partial charge in [0.25, 0.3) is 0 Å². The van der Waals surface area contributed by atoms with Crippen LogP contribution in [-0.2, 0) is 9.47 Å². The Balaban J connectivity index is 2.24. The van der Waals surface area contributed by atoms with Gasteiger partial charge < -0.3 is 19.5 Å². The minimum absolute atomic E-state index is 0.0369. The van der Waals surface area contributed by atoms with Gasteiger partial charge in [-0.2, -0.15) is 0 Å². The molecule has 0 saturated carbocycles. The molecule has 18 heavy (non-hydrogen) atoms. The minimum atomic E-state index is -0.502. The Labute approximate surface area is 113 Å². The predicted octanol–water partition coefficient (Wildman–Crippen LogP) is 0.781. The first kappa shape index (κ1) is 13.5. The first-order chi connectivity index (χ1) is 8.67. The lowest BCUT2D eigenvalue weighted by Gasteiger charge is -2.34. The number of ether oxygens (including phenoxy) is 2. The van der Waals surface area contributed by atoms with Crippen LogP contribution in [0.15, 0.2) is 0 Å². The van der Waals surface area contributed by atoms with Crippen LogP contribution in [0.25, 0.3) is 0 Å². The number of aliphatic hydroxyl groups is 1. The standard InChI is InChI=1S/C10H13ClN2O4S/c1-16-9(15)7-8(11)12-10(18-7)13-2-3-17-5-6(13)4-14/h6,14H,2-5H2,1H3. The molecule has 0 aliphatic carbocycles. The molecule has 1 aromatic rings. The fourth-order valence-corrected chi connectivity index (χ4v) is 2.99. The Morgan fingerprint density at radius 2 is 2.56 bits per heavy atom. The van der Waals surface area contributed by atoms with Crippen LogP contribution in [0.5, 0.6) is 0 Å². The van der Waals surface area contributed by atoms with Crippen molar-refractivity contribution in [1.82, 2.24) is 4.98 Å². The molecule has 6 nitrogen and oxygen atoms in total. The second-order valence-corrected chi connectivity index (χ2v) is 5.05. The molecule has 8 heteroatoms. The molecule has 1 unspecified atom stereocenters. The lowest BCUT2D eigenvalue weighted by atomic mass is 10.2. The van der Waals surface area contributed by atoms with E-state index in [4.69, 9.17) is 16.3 Å². The van der Waals surface area contributed by atoms with E-state index in [0.717, 1.165) is 11.3 Å². The van der Waals surface area contributed by atoms with E-state index < -0.39 is 5.97 Å². The molecule has 100 valence electrons. The zero-order valence-corrected chi connectivity index (χ0v) is 11.3. The van der Waals surface area contributed by atoms with Crippen LogP contribution in [0.2, 0.25) is 5.15 Å². The molecule has 0 bridgehead atoms. The Kier molecular flexibility index (Phi) is 4.39. The summed E-state index contributed by atoms with van der Waals surface area (Å²) < 4.78 is 9.91. The van der Waals surface area contributed by atoms with E-state index in [9.17, 15) is 9.90 Å². The molecule has 1 fully saturated rings. The summed E-state index contributed by atoms with van der Waals surface area (Å²) in [6.07, 6.45) is 0. The maximum Gasteiger partial charge on any atom is 0.351 e. The van der Waals surface area contributed by atoms with Gasteiger partial charge in [-0.15, -0.1) is 0 Å². The van der Waals surface area contributed by atoms with Gasteiger partial charge in [0.2, 0.25) is 0 Å². The highest BCUT2D eigenvalue weighted by atomic mass is 35.5. The number of rotatable bonds is 3.